The molecule has 3 aliphatic heterocycles. The van der Waals surface area contributed by atoms with Crippen LogP contribution in [-0.4, -0.2) is 16.8 Å². The van der Waals surface area contributed by atoms with Crippen molar-refractivity contribution in [2.24, 2.45) is 0 Å². The third-order valence-corrected chi connectivity index (χ3v) is 19.5. The van der Waals surface area contributed by atoms with Crippen molar-refractivity contribution < 1.29 is 0 Å². The third kappa shape index (κ3) is 6.66. The fourth-order valence-electron chi connectivity index (χ4n) is 14.9. The molecule has 380 valence electrons. The van der Waals surface area contributed by atoms with Crippen LogP contribution in [-0.2, 0) is 32.5 Å². The van der Waals surface area contributed by atoms with Crippen molar-refractivity contribution in [3.63, 3.8) is 0 Å². The van der Waals surface area contributed by atoms with Crippen LogP contribution in [0.1, 0.15) is 175 Å². The Morgan fingerprint density at radius 1 is 0.467 bits per heavy atom. The summed E-state index contributed by atoms with van der Waals surface area (Å²) in [5, 5.41) is 1.40. The van der Waals surface area contributed by atoms with Crippen LogP contribution < -0.4 is 26.2 Å². The number of anilines is 5. The monoisotopic (exact) mass is 984 g/mol. The van der Waals surface area contributed by atoms with Gasteiger partial charge in [-0.25, -0.2) is 0 Å². The van der Waals surface area contributed by atoms with Gasteiger partial charge in [0.1, 0.15) is 0 Å². The van der Waals surface area contributed by atoms with Crippen LogP contribution in [0.4, 0.5) is 28.4 Å². The standard InChI is InChI=1S/C71H78BN3/c1-65(2,3)44-28-32-56(50(36-44)43-24-18-17-19-25-43)73-58-42-48(75-57-33-29-45(66(4,5)6)38-53(57)70(15)34-22-23-35-71(70,75)16)30-31-54(58)72-55-39-46(67(7,8)9)37-51-61-64(49-26-20-21-27-52(49)69(61,13)14)74(63(51)55)60-41-47(68(10,11)12)40-59(73)62(60)72/h17-21,24-33,36-42H,22-23,34-35H2,1-16H3. The summed E-state index contributed by atoms with van der Waals surface area (Å²) in [6.07, 6.45) is 4.84. The van der Waals surface area contributed by atoms with Crippen molar-refractivity contribution in [3.05, 3.63) is 172 Å². The Morgan fingerprint density at radius 2 is 1.08 bits per heavy atom. The number of hydrogen-bond donors (Lipinski definition) is 0. The molecule has 2 aliphatic carbocycles. The first-order chi connectivity index (χ1) is 35.2. The van der Waals surface area contributed by atoms with E-state index in [0.29, 0.717) is 0 Å². The molecule has 75 heavy (non-hydrogen) atoms. The Labute approximate surface area is 449 Å². The Kier molecular flexibility index (Phi) is 9.97. The largest absolute Gasteiger partial charge is 0.334 e. The smallest absolute Gasteiger partial charge is 0.252 e. The number of nitrogens with zero attached hydrogens (tertiary/aromatic N) is 3. The summed E-state index contributed by atoms with van der Waals surface area (Å²) in [4.78, 5) is 5.55. The molecule has 1 fully saturated rings. The van der Waals surface area contributed by atoms with Gasteiger partial charge in [-0.3, -0.25) is 0 Å². The summed E-state index contributed by atoms with van der Waals surface area (Å²) >= 11 is 0. The molecule has 13 rings (SSSR count). The van der Waals surface area contributed by atoms with Crippen LogP contribution in [0.5, 0.6) is 0 Å². The first-order valence-corrected chi connectivity index (χ1v) is 28.3. The van der Waals surface area contributed by atoms with Crippen molar-refractivity contribution in [1.82, 2.24) is 4.57 Å². The average Bonchev–Trinajstić information content (AvgIpc) is 3.92. The fraction of sp³-hybridized carbons (Fsp3) is 0.380. The second-order valence-electron chi connectivity index (χ2n) is 28.6. The summed E-state index contributed by atoms with van der Waals surface area (Å²) in [7, 11) is 0. The van der Waals surface area contributed by atoms with E-state index in [9.17, 15) is 0 Å². The van der Waals surface area contributed by atoms with E-state index < -0.39 is 0 Å². The summed E-state index contributed by atoms with van der Waals surface area (Å²) < 4.78 is 2.75. The van der Waals surface area contributed by atoms with Crippen LogP contribution in [0.3, 0.4) is 0 Å². The maximum absolute atomic E-state index is 2.81. The lowest BCUT2D eigenvalue weighted by Gasteiger charge is -2.50. The molecule has 1 saturated carbocycles. The van der Waals surface area contributed by atoms with Crippen LogP contribution in [0.2, 0.25) is 0 Å². The number of aromatic nitrogens is 1. The number of fused-ring (bicyclic) bond motifs is 12. The highest BCUT2D eigenvalue weighted by Gasteiger charge is 2.58. The first-order valence-electron chi connectivity index (χ1n) is 28.3. The Morgan fingerprint density at radius 3 is 1.77 bits per heavy atom. The molecule has 2 atom stereocenters. The van der Waals surface area contributed by atoms with E-state index in [1.807, 2.05) is 0 Å². The second kappa shape index (κ2) is 15.5. The second-order valence-corrected chi connectivity index (χ2v) is 28.6. The Balaban J connectivity index is 1.18. The van der Waals surface area contributed by atoms with Gasteiger partial charge in [0.05, 0.1) is 16.9 Å². The van der Waals surface area contributed by atoms with E-state index in [1.54, 1.807) is 0 Å². The molecule has 2 unspecified atom stereocenters. The molecule has 7 aromatic carbocycles. The topological polar surface area (TPSA) is 11.4 Å². The van der Waals surface area contributed by atoms with Crippen LogP contribution in [0.15, 0.2) is 133 Å². The van der Waals surface area contributed by atoms with Crippen molar-refractivity contribution >= 4 is 62.4 Å². The quantitative estimate of drug-likeness (QED) is 0.163. The van der Waals surface area contributed by atoms with Gasteiger partial charge in [-0.2, -0.15) is 0 Å². The molecule has 4 heteroatoms. The number of hydrogen-bond acceptors (Lipinski definition) is 2. The van der Waals surface area contributed by atoms with Gasteiger partial charge in [-0.1, -0.05) is 202 Å². The number of rotatable bonds is 3. The lowest BCUT2D eigenvalue weighted by atomic mass is 9.33. The lowest BCUT2D eigenvalue weighted by Crippen LogP contribution is -2.61. The molecule has 0 spiro atoms. The van der Waals surface area contributed by atoms with Gasteiger partial charge in [0.2, 0.25) is 0 Å². The van der Waals surface area contributed by atoms with Crippen molar-refractivity contribution in [2.75, 3.05) is 9.80 Å². The van der Waals surface area contributed by atoms with Gasteiger partial charge in [-0.15, -0.1) is 0 Å². The molecule has 0 saturated heterocycles. The molecule has 0 radical (unpaired) electrons. The van der Waals surface area contributed by atoms with Crippen molar-refractivity contribution in [1.29, 1.82) is 0 Å². The molecule has 1 aromatic heterocycles. The fourth-order valence-corrected chi connectivity index (χ4v) is 14.9. The molecular formula is C71H78BN3. The minimum Gasteiger partial charge on any atom is -0.334 e. The van der Waals surface area contributed by atoms with E-state index in [1.165, 1.54) is 142 Å². The third-order valence-electron chi connectivity index (χ3n) is 19.5. The van der Waals surface area contributed by atoms with E-state index in [0.717, 1.165) is 6.42 Å². The zero-order valence-electron chi connectivity index (χ0n) is 47.9. The maximum atomic E-state index is 2.81. The summed E-state index contributed by atoms with van der Waals surface area (Å²) in [6, 6.07) is 53.5. The summed E-state index contributed by atoms with van der Waals surface area (Å²) in [5.74, 6) is 0. The van der Waals surface area contributed by atoms with Crippen molar-refractivity contribution in [3.8, 4) is 28.1 Å². The van der Waals surface area contributed by atoms with Crippen LogP contribution in [0.25, 0.3) is 39.0 Å². The molecule has 0 N–H and O–H groups in total. The van der Waals surface area contributed by atoms with Gasteiger partial charge >= 0.3 is 0 Å². The van der Waals surface area contributed by atoms with E-state index >= 15 is 0 Å². The summed E-state index contributed by atoms with van der Waals surface area (Å²) in [5.41, 5.74) is 27.9. The number of benzene rings is 7. The van der Waals surface area contributed by atoms with Crippen molar-refractivity contribution in [2.45, 2.75) is 174 Å². The van der Waals surface area contributed by atoms with Crippen LogP contribution in [0, 0.1) is 0 Å². The van der Waals surface area contributed by atoms with E-state index in [-0.39, 0.29) is 44.7 Å². The first kappa shape index (κ1) is 48.4. The van der Waals surface area contributed by atoms with E-state index in [4.69, 9.17) is 0 Å². The molecule has 3 nitrogen and oxygen atoms in total. The van der Waals surface area contributed by atoms with Crippen LogP contribution >= 0.6 is 0 Å². The van der Waals surface area contributed by atoms with E-state index in [2.05, 4.69) is 259 Å². The average molecular weight is 984 g/mol. The normalized spacial score (nSPS) is 20.2. The van der Waals surface area contributed by atoms with Gasteiger partial charge in [0.25, 0.3) is 6.71 Å². The van der Waals surface area contributed by atoms with Gasteiger partial charge in [-0.05, 0) is 151 Å². The lowest BCUT2D eigenvalue weighted by molar-refractivity contribution is 0.195. The maximum Gasteiger partial charge on any atom is 0.252 e. The van der Waals surface area contributed by atoms with Gasteiger partial charge < -0.3 is 14.4 Å². The molecule has 8 aromatic rings. The Hall–Kier alpha value is -6.26. The highest BCUT2D eigenvalue weighted by Crippen LogP contribution is 2.62. The zero-order valence-corrected chi connectivity index (χ0v) is 47.9. The molecule has 5 aliphatic rings. The molecule has 0 amide bonds. The molecular weight excluding hydrogens is 906 g/mol. The minimum absolute atomic E-state index is 0.000217. The Bertz CT molecular complexity index is 3730. The minimum atomic E-state index is -0.185. The SMILES string of the molecule is CC(C)(C)c1ccc(N2c3cc(N4c5ccc(C(C)(C)C)cc5C5(C)CCCCC45C)ccc3B3c4c2cc(C(C)(C)C)cc4-n2c4c(c5cc(C(C)(C)C)cc3c52)C(C)(C)c2ccccc2-4)c(-c2ccccc2)c1. The highest BCUT2D eigenvalue weighted by molar-refractivity contribution is 7.00. The molecule has 0 bridgehead atoms. The predicted molar refractivity (Wildman–Crippen MR) is 323 cm³/mol. The summed E-state index contributed by atoms with van der Waals surface area (Å²) in [6.45, 7) is 38.7. The predicted octanol–water partition coefficient (Wildman–Crippen LogP) is 17.1. The van der Waals surface area contributed by atoms with Gasteiger partial charge in [0, 0.05) is 61.3 Å². The van der Waals surface area contributed by atoms with Gasteiger partial charge in [0.15, 0.2) is 0 Å². The highest BCUT2D eigenvalue weighted by atomic mass is 15.3. The molecule has 4 heterocycles. The zero-order chi connectivity index (χ0) is 52.9.